The van der Waals surface area contributed by atoms with Crippen molar-refractivity contribution < 1.29 is 4.74 Å². The van der Waals surface area contributed by atoms with Crippen LogP contribution in [-0.2, 0) is 6.61 Å². The van der Waals surface area contributed by atoms with Gasteiger partial charge < -0.3 is 4.74 Å². The van der Waals surface area contributed by atoms with Crippen LogP contribution in [0.3, 0.4) is 0 Å². The molecular weight excluding hydrogens is 537 g/mol. The van der Waals surface area contributed by atoms with Gasteiger partial charge in [-0.3, -0.25) is 4.79 Å². The fourth-order valence-corrected chi connectivity index (χ4v) is 4.21. The lowest BCUT2D eigenvalue weighted by atomic mass is 10.1. The summed E-state index contributed by atoms with van der Waals surface area (Å²) in [6, 6.07) is 18.3. The number of hydrogen-bond donors (Lipinski definition) is 0. The molecule has 0 aliphatic heterocycles. The van der Waals surface area contributed by atoms with Gasteiger partial charge in [0.1, 0.15) is 18.2 Å². The molecule has 4 rings (SSSR count). The van der Waals surface area contributed by atoms with E-state index in [4.69, 9.17) is 32.9 Å². The summed E-state index contributed by atoms with van der Waals surface area (Å²) in [5, 5.41) is 6.16. The monoisotopic (exact) mass is 557 g/mol. The molecule has 174 valence electrons. The molecule has 34 heavy (non-hydrogen) atoms. The highest BCUT2D eigenvalue weighted by Crippen LogP contribution is 2.24. The average molecular weight is 559 g/mol. The van der Waals surface area contributed by atoms with E-state index in [-0.39, 0.29) is 11.5 Å². The van der Waals surface area contributed by atoms with Crippen LogP contribution in [0.15, 0.2) is 75.0 Å². The third-order valence-corrected chi connectivity index (χ3v) is 6.56. The molecule has 0 unspecified atom stereocenters. The highest BCUT2D eigenvalue weighted by atomic mass is 79.9. The first-order valence-corrected chi connectivity index (χ1v) is 12.3. The quantitative estimate of drug-likeness (QED) is 0.221. The number of ether oxygens (including phenoxy) is 1. The van der Waals surface area contributed by atoms with Crippen LogP contribution in [-0.4, -0.2) is 15.9 Å². The Morgan fingerprint density at radius 1 is 1.15 bits per heavy atom. The zero-order valence-corrected chi connectivity index (χ0v) is 21.7. The van der Waals surface area contributed by atoms with E-state index < -0.39 is 0 Å². The third-order valence-electron chi connectivity index (χ3n) is 5.48. The molecular formula is C26H22BrCl2N3O2. The second kappa shape index (κ2) is 10.7. The number of hydrogen-bond acceptors (Lipinski definition) is 4. The Morgan fingerprint density at radius 2 is 1.97 bits per heavy atom. The van der Waals surface area contributed by atoms with Gasteiger partial charge in [0, 0.05) is 26.0 Å². The van der Waals surface area contributed by atoms with Crippen LogP contribution in [0.25, 0.3) is 10.9 Å². The molecule has 0 N–H and O–H groups in total. The summed E-state index contributed by atoms with van der Waals surface area (Å²) in [7, 11) is 0. The zero-order chi connectivity index (χ0) is 24.2. The summed E-state index contributed by atoms with van der Waals surface area (Å²) in [4.78, 5) is 18.0. The van der Waals surface area contributed by atoms with Gasteiger partial charge in [0.2, 0.25) is 0 Å². The van der Waals surface area contributed by atoms with Crippen molar-refractivity contribution in [3.63, 3.8) is 0 Å². The first-order valence-electron chi connectivity index (χ1n) is 10.8. The summed E-state index contributed by atoms with van der Waals surface area (Å²) >= 11 is 15.6. The minimum atomic E-state index is -0.206. The number of rotatable bonds is 7. The Bertz CT molecular complexity index is 1440. The second-order valence-electron chi connectivity index (χ2n) is 7.90. The van der Waals surface area contributed by atoms with Gasteiger partial charge in [0.05, 0.1) is 17.1 Å². The highest BCUT2D eigenvalue weighted by molar-refractivity contribution is 9.10. The molecule has 0 spiro atoms. The van der Waals surface area contributed by atoms with E-state index in [0.717, 1.165) is 22.0 Å². The van der Waals surface area contributed by atoms with Gasteiger partial charge in [0.25, 0.3) is 5.56 Å². The lowest BCUT2D eigenvalue weighted by Gasteiger charge is -2.14. The Balaban J connectivity index is 1.64. The van der Waals surface area contributed by atoms with Crippen LogP contribution in [0.2, 0.25) is 10.0 Å². The Hall–Kier alpha value is -2.67. The minimum absolute atomic E-state index is 0.0664. The van der Waals surface area contributed by atoms with Gasteiger partial charge in [-0.2, -0.15) is 9.78 Å². The largest absolute Gasteiger partial charge is 0.489 e. The molecule has 0 bridgehead atoms. The Labute approximate surface area is 216 Å². The Morgan fingerprint density at radius 3 is 2.74 bits per heavy atom. The summed E-state index contributed by atoms with van der Waals surface area (Å²) in [6.07, 6.45) is 2.47. The smallest absolute Gasteiger partial charge is 0.282 e. The van der Waals surface area contributed by atoms with E-state index in [2.05, 4.69) is 28.0 Å². The van der Waals surface area contributed by atoms with Crippen molar-refractivity contribution in [1.29, 1.82) is 0 Å². The molecule has 1 heterocycles. The summed E-state index contributed by atoms with van der Waals surface area (Å²) in [5.74, 6) is 1.35. The predicted octanol–water partition coefficient (Wildman–Crippen LogP) is 7.44. The van der Waals surface area contributed by atoms with Crippen molar-refractivity contribution in [2.45, 2.75) is 32.8 Å². The number of fused-ring (bicyclic) bond motifs is 1. The lowest BCUT2D eigenvalue weighted by molar-refractivity contribution is 0.306. The van der Waals surface area contributed by atoms with Crippen LogP contribution >= 0.6 is 39.1 Å². The van der Waals surface area contributed by atoms with E-state index in [1.807, 2.05) is 49.4 Å². The normalized spacial score (nSPS) is 12.4. The first kappa shape index (κ1) is 24.5. The molecule has 0 saturated heterocycles. The van der Waals surface area contributed by atoms with Gasteiger partial charge in [-0.05, 0) is 54.4 Å². The van der Waals surface area contributed by atoms with Crippen LogP contribution < -0.4 is 10.3 Å². The fourth-order valence-electron chi connectivity index (χ4n) is 3.39. The van der Waals surface area contributed by atoms with Crippen molar-refractivity contribution in [3.8, 4) is 5.75 Å². The number of halogens is 3. The molecule has 1 atom stereocenters. The molecule has 0 radical (unpaired) electrons. The summed E-state index contributed by atoms with van der Waals surface area (Å²) in [5.41, 5.74) is 2.08. The zero-order valence-electron chi connectivity index (χ0n) is 18.6. The maximum Gasteiger partial charge on any atom is 0.282 e. The summed E-state index contributed by atoms with van der Waals surface area (Å²) < 4.78 is 8.11. The average Bonchev–Trinajstić information content (AvgIpc) is 2.83. The van der Waals surface area contributed by atoms with Crippen molar-refractivity contribution in [2.75, 3.05) is 0 Å². The Kier molecular flexibility index (Phi) is 7.71. The molecule has 4 aromatic rings. The fraction of sp³-hybridized carbons (Fsp3) is 0.192. The van der Waals surface area contributed by atoms with E-state index in [1.165, 1.54) is 4.68 Å². The van der Waals surface area contributed by atoms with Gasteiger partial charge in [-0.25, -0.2) is 4.98 Å². The van der Waals surface area contributed by atoms with E-state index in [1.54, 1.807) is 24.4 Å². The van der Waals surface area contributed by atoms with Crippen LogP contribution in [0, 0.1) is 0 Å². The van der Waals surface area contributed by atoms with Crippen molar-refractivity contribution >= 4 is 56.2 Å². The van der Waals surface area contributed by atoms with E-state index in [9.17, 15) is 4.79 Å². The lowest BCUT2D eigenvalue weighted by Crippen LogP contribution is -2.23. The summed E-state index contributed by atoms with van der Waals surface area (Å²) in [6.45, 7) is 4.40. The van der Waals surface area contributed by atoms with Gasteiger partial charge in [0.15, 0.2) is 0 Å². The highest BCUT2D eigenvalue weighted by Gasteiger charge is 2.15. The van der Waals surface area contributed by atoms with Crippen LogP contribution in [0.4, 0.5) is 0 Å². The number of benzene rings is 3. The minimum Gasteiger partial charge on any atom is -0.489 e. The maximum absolute atomic E-state index is 13.3. The predicted molar refractivity (Wildman–Crippen MR) is 143 cm³/mol. The van der Waals surface area contributed by atoms with Gasteiger partial charge >= 0.3 is 0 Å². The van der Waals surface area contributed by atoms with Gasteiger partial charge in [-0.1, -0.05) is 71.2 Å². The number of aromatic nitrogens is 2. The third kappa shape index (κ3) is 5.52. The van der Waals surface area contributed by atoms with E-state index in [0.29, 0.717) is 39.1 Å². The first-order chi connectivity index (χ1) is 16.4. The van der Waals surface area contributed by atoms with Crippen molar-refractivity contribution in [2.24, 2.45) is 5.10 Å². The standard InChI is InChI=1S/C26H22BrCl2N3O2/c1-3-16(2)25-31-24-10-8-19(27)12-22(24)26(33)32(25)30-14-17-5-4-6-21(11-17)34-15-18-7-9-20(28)13-23(18)29/h4-14,16H,3,15H2,1-2H3/t16-/m1/s1. The molecule has 0 aliphatic carbocycles. The van der Waals surface area contributed by atoms with Crippen LogP contribution in [0.1, 0.15) is 43.1 Å². The topological polar surface area (TPSA) is 56.5 Å². The second-order valence-corrected chi connectivity index (χ2v) is 9.66. The molecule has 8 heteroatoms. The van der Waals surface area contributed by atoms with E-state index >= 15 is 0 Å². The molecule has 3 aromatic carbocycles. The van der Waals surface area contributed by atoms with Crippen molar-refractivity contribution in [3.05, 3.63) is 102 Å². The number of nitrogens with zero attached hydrogens (tertiary/aromatic N) is 3. The molecule has 5 nitrogen and oxygen atoms in total. The molecule has 0 aliphatic rings. The van der Waals surface area contributed by atoms with Crippen molar-refractivity contribution in [1.82, 2.24) is 9.66 Å². The maximum atomic E-state index is 13.3. The molecule has 0 saturated carbocycles. The SMILES string of the molecule is CC[C@@H](C)c1nc2ccc(Br)cc2c(=O)n1N=Cc1cccc(OCc2ccc(Cl)cc2Cl)c1. The molecule has 1 aromatic heterocycles. The molecule has 0 fully saturated rings. The molecule has 0 amide bonds. The van der Waals surface area contributed by atoms with Gasteiger partial charge in [-0.15, -0.1) is 0 Å². The van der Waals surface area contributed by atoms with Crippen LogP contribution in [0.5, 0.6) is 5.75 Å².